The average molecular weight is 536 g/mol. The minimum atomic E-state index is -0.513. The summed E-state index contributed by atoms with van der Waals surface area (Å²) in [6, 6.07) is 11.6. The molecule has 3 N–H and O–H groups in total. The van der Waals surface area contributed by atoms with Gasteiger partial charge in [0.15, 0.2) is 0 Å². The van der Waals surface area contributed by atoms with Crippen molar-refractivity contribution in [3.63, 3.8) is 0 Å². The van der Waals surface area contributed by atoms with Crippen LogP contribution in [-0.4, -0.2) is 61.6 Å². The van der Waals surface area contributed by atoms with Crippen molar-refractivity contribution in [2.24, 2.45) is 0 Å². The molecule has 2 fully saturated rings. The molecule has 5 rings (SSSR count). The van der Waals surface area contributed by atoms with E-state index in [1.54, 1.807) is 46.1 Å². The number of nitrogens with two attached hydrogens (primary N) is 1. The third-order valence-corrected chi connectivity index (χ3v) is 7.47. The van der Waals surface area contributed by atoms with E-state index in [-0.39, 0.29) is 23.8 Å². The first-order valence-electron chi connectivity index (χ1n) is 12.7. The zero-order valence-electron chi connectivity index (χ0n) is 21.1. The Morgan fingerprint density at radius 1 is 1.05 bits per heavy atom. The van der Waals surface area contributed by atoms with E-state index < -0.39 is 6.04 Å². The van der Waals surface area contributed by atoms with Gasteiger partial charge in [-0.3, -0.25) is 14.4 Å². The van der Waals surface area contributed by atoms with E-state index in [4.69, 9.17) is 17.3 Å². The van der Waals surface area contributed by atoms with Crippen LogP contribution in [0.1, 0.15) is 60.3 Å². The Balaban J connectivity index is 1.30. The molecule has 2 saturated heterocycles. The molecule has 0 bridgehead atoms. The second-order valence-electron chi connectivity index (χ2n) is 9.75. The van der Waals surface area contributed by atoms with Crippen molar-refractivity contribution in [1.29, 1.82) is 0 Å². The van der Waals surface area contributed by atoms with Crippen LogP contribution in [0.3, 0.4) is 0 Å². The highest BCUT2D eigenvalue weighted by atomic mass is 35.5. The molecular weight excluding hydrogens is 506 g/mol. The summed E-state index contributed by atoms with van der Waals surface area (Å²) in [5, 5.41) is 11.8. The Bertz CT molecular complexity index is 1360. The molecule has 2 atom stereocenters. The summed E-state index contributed by atoms with van der Waals surface area (Å²) in [4.78, 5) is 41.8. The molecule has 0 radical (unpaired) electrons. The first-order valence-corrected chi connectivity index (χ1v) is 13.1. The number of likely N-dealkylation sites (tertiary alicyclic amines) is 2. The molecule has 0 saturated carbocycles. The van der Waals surface area contributed by atoms with Gasteiger partial charge in [-0.2, -0.15) is 0 Å². The number of hydrogen-bond acceptors (Lipinski definition) is 6. The Kier molecular flexibility index (Phi) is 7.33. The number of anilines is 1. The number of rotatable bonds is 6. The minimum absolute atomic E-state index is 0.0582. The Hall–Kier alpha value is -3.92. The van der Waals surface area contributed by atoms with Crippen LogP contribution in [0.5, 0.6) is 0 Å². The molecule has 38 heavy (non-hydrogen) atoms. The van der Waals surface area contributed by atoms with E-state index in [0.29, 0.717) is 53.7 Å². The van der Waals surface area contributed by atoms with Crippen molar-refractivity contribution in [3.8, 4) is 5.69 Å². The average Bonchev–Trinajstić information content (AvgIpc) is 3.69. The van der Waals surface area contributed by atoms with Crippen molar-refractivity contribution in [2.45, 2.75) is 51.2 Å². The molecule has 2 aliphatic heterocycles. The molecule has 11 heteroatoms. The maximum atomic E-state index is 13.8. The molecule has 0 spiro atoms. The quantitative estimate of drug-likeness (QED) is 0.467. The Morgan fingerprint density at radius 3 is 2.55 bits per heavy atom. The SMILES string of the molecule is CC(=O)NCc1ccc(C(=O)N2CCCC2C(=O)N2CCCC2c2cn(-c3cc(N)ccc3Cl)nn2)cc1. The summed E-state index contributed by atoms with van der Waals surface area (Å²) in [7, 11) is 0. The molecule has 3 amide bonds. The number of carbonyl (C=O) groups is 3. The van der Waals surface area contributed by atoms with Crippen LogP contribution in [0.2, 0.25) is 5.02 Å². The fraction of sp³-hybridized carbons (Fsp3) is 0.370. The number of carbonyl (C=O) groups excluding carboxylic acids is 3. The lowest BCUT2D eigenvalue weighted by atomic mass is 10.1. The Morgan fingerprint density at radius 2 is 1.79 bits per heavy atom. The summed E-state index contributed by atoms with van der Waals surface area (Å²) < 4.78 is 1.58. The lowest BCUT2D eigenvalue weighted by Gasteiger charge is -2.31. The molecule has 1 aromatic heterocycles. The second-order valence-corrected chi connectivity index (χ2v) is 10.2. The van der Waals surface area contributed by atoms with Crippen molar-refractivity contribution >= 4 is 35.0 Å². The fourth-order valence-corrected chi connectivity index (χ4v) is 5.41. The van der Waals surface area contributed by atoms with Crippen LogP contribution in [0.4, 0.5) is 5.69 Å². The lowest BCUT2D eigenvalue weighted by Crippen LogP contribution is -2.47. The van der Waals surface area contributed by atoms with Gasteiger partial charge in [-0.15, -0.1) is 5.10 Å². The molecule has 198 valence electrons. The topological polar surface area (TPSA) is 126 Å². The number of halogens is 1. The van der Waals surface area contributed by atoms with Gasteiger partial charge >= 0.3 is 0 Å². The van der Waals surface area contributed by atoms with E-state index in [0.717, 1.165) is 24.8 Å². The van der Waals surface area contributed by atoms with E-state index in [9.17, 15) is 14.4 Å². The molecule has 2 unspecified atom stereocenters. The molecule has 10 nitrogen and oxygen atoms in total. The molecule has 0 aliphatic carbocycles. The van der Waals surface area contributed by atoms with Crippen LogP contribution in [0, 0.1) is 0 Å². The molecule has 2 aromatic carbocycles. The number of nitrogens with one attached hydrogen (secondary N) is 1. The summed E-state index contributed by atoms with van der Waals surface area (Å²) >= 11 is 6.34. The third kappa shape index (κ3) is 5.22. The lowest BCUT2D eigenvalue weighted by molar-refractivity contribution is -0.136. The van der Waals surface area contributed by atoms with E-state index in [1.807, 2.05) is 17.0 Å². The monoisotopic (exact) mass is 535 g/mol. The van der Waals surface area contributed by atoms with Gasteiger partial charge in [0.1, 0.15) is 11.7 Å². The number of nitrogens with zero attached hydrogens (tertiary/aromatic N) is 5. The van der Waals surface area contributed by atoms with Crippen molar-refractivity contribution in [1.82, 2.24) is 30.1 Å². The molecular formula is C27H30ClN7O3. The fourth-order valence-electron chi connectivity index (χ4n) is 5.21. The summed E-state index contributed by atoms with van der Waals surface area (Å²) in [5.74, 6) is -0.331. The number of aromatic nitrogens is 3. The number of benzene rings is 2. The molecule has 3 aromatic rings. The second kappa shape index (κ2) is 10.8. The normalized spacial score (nSPS) is 19.1. The predicted octanol–water partition coefficient (Wildman–Crippen LogP) is 3.11. The summed E-state index contributed by atoms with van der Waals surface area (Å²) in [5.41, 5.74) is 9.21. The third-order valence-electron chi connectivity index (χ3n) is 7.15. The zero-order valence-corrected chi connectivity index (χ0v) is 21.9. The van der Waals surface area contributed by atoms with E-state index in [2.05, 4.69) is 15.6 Å². The molecule has 2 aliphatic rings. The Labute approximate surface area is 225 Å². The molecule has 3 heterocycles. The van der Waals surface area contributed by atoms with E-state index in [1.165, 1.54) is 6.92 Å². The van der Waals surface area contributed by atoms with Gasteiger partial charge in [0.2, 0.25) is 11.8 Å². The standard InChI is InChI=1S/C27H30ClN7O3/c1-17(36)30-15-18-6-8-19(9-7-18)26(37)34-13-3-5-24(34)27(38)33-12-2-4-23(33)22-16-35(32-31-22)25-14-20(29)10-11-21(25)28/h6-11,14,16,23-24H,2-5,12-13,15,29H2,1H3,(H,30,36). The summed E-state index contributed by atoms with van der Waals surface area (Å²) in [6.07, 6.45) is 4.80. The van der Waals surface area contributed by atoms with Gasteiger partial charge in [0.25, 0.3) is 5.91 Å². The van der Waals surface area contributed by atoms with Crippen LogP contribution in [0.15, 0.2) is 48.7 Å². The predicted molar refractivity (Wildman–Crippen MR) is 142 cm³/mol. The van der Waals surface area contributed by atoms with Gasteiger partial charge < -0.3 is 20.9 Å². The van der Waals surface area contributed by atoms with Gasteiger partial charge in [0, 0.05) is 37.8 Å². The zero-order chi connectivity index (χ0) is 26.8. The smallest absolute Gasteiger partial charge is 0.254 e. The van der Waals surface area contributed by atoms with Crippen molar-refractivity contribution in [3.05, 3.63) is 70.5 Å². The van der Waals surface area contributed by atoms with Crippen LogP contribution in [0.25, 0.3) is 5.69 Å². The highest BCUT2D eigenvalue weighted by molar-refractivity contribution is 6.32. The first-order chi connectivity index (χ1) is 18.3. The number of nitrogen functional groups attached to an aromatic ring is 1. The highest BCUT2D eigenvalue weighted by Gasteiger charge is 2.41. The van der Waals surface area contributed by atoms with E-state index >= 15 is 0 Å². The van der Waals surface area contributed by atoms with Crippen molar-refractivity contribution in [2.75, 3.05) is 18.8 Å². The summed E-state index contributed by atoms with van der Waals surface area (Å²) in [6.45, 7) is 3.00. The largest absolute Gasteiger partial charge is 0.399 e. The maximum absolute atomic E-state index is 13.8. The van der Waals surface area contributed by atoms with Gasteiger partial charge in [-0.25, -0.2) is 4.68 Å². The number of amides is 3. The van der Waals surface area contributed by atoms with Crippen LogP contribution >= 0.6 is 11.6 Å². The van der Waals surface area contributed by atoms with Gasteiger partial charge in [-0.05, 0) is 61.6 Å². The highest BCUT2D eigenvalue weighted by Crippen LogP contribution is 2.34. The maximum Gasteiger partial charge on any atom is 0.254 e. The van der Waals surface area contributed by atoms with Crippen LogP contribution in [-0.2, 0) is 16.1 Å². The van der Waals surface area contributed by atoms with Crippen molar-refractivity contribution < 1.29 is 14.4 Å². The minimum Gasteiger partial charge on any atom is -0.399 e. The van der Waals surface area contributed by atoms with Gasteiger partial charge in [0.05, 0.1) is 22.9 Å². The van der Waals surface area contributed by atoms with Gasteiger partial charge in [-0.1, -0.05) is 28.9 Å². The number of hydrogen-bond donors (Lipinski definition) is 2. The van der Waals surface area contributed by atoms with Crippen LogP contribution < -0.4 is 11.1 Å². The first kappa shape index (κ1) is 25.7.